The highest BCUT2D eigenvalue weighted by molar-refractivity contribution is 9.10. The highest BCUT2D eigenvalue weighted by Crippen LogP contribution is 2.45. The molecule has 10 heteroatoms. The molecular formula is C23H30BrClN4O3S. The van der Waals surface area contributed by atoms with Crippen molar-refractivity contribution in [3.05, 3.63) is 21.1 Å². The predicted molar refractivity (Wildman–Crippen MR) is 137 cm³/mol. The number of amidine groups is 1. The number of aliphatic imine (C=N–C) groups is 1. The lowest BCUT2D eigenvalue weighted by Gasteiger charge is -2.43. The fourth-order valence-electron chi connectivity index (χ4n) is 4.93. The van der Waals surface area contributed by atoms with Gasteiger partial charge >= 0.3 is 6.09 Å². The van der Waals surface area contributed by atoms with Gasteiger partial charge < -0.3 is 14.5 Å². The number of nitrogens with zero attached hydrogens (tertiary/aromatic N) is 4. The Morgan fingerprint density at radius 3 is 2.55 bits per heavy atom. The van der Waals surface area contributed by atoms with E-state index in [1.165, 1.54) is 0 Å². The molecule has 2 atom stereocenters. The second-order valence-electron chi connectivity index (χ2n) is 9.62. The third-order valence-electron chi connectivity index (χ3n) is 6.19. The van der Waals surface area contributed by atoms with Gasteiger partial charge in [-0.05, 0) is 67.8 Å². The zero-order valence-corrected chi connectivity index (χ0v) is 22.6. The summed E-state index contributed by atoms with van der Waals surface area (Å²) in [5.74, 6) is 1.71. The van der Waals surface area contributed by atoms with Crippen LogP contribution in [0.5, 0.6) is 0 Å². The van der Waals surface area contributed by atoms with Crippen LogP contribution in [0.4, 0.5) is 10.5 Å². The Morgan fingerprint density at radius 1 is 1.30 bits per heavy atom. The average Bonchev–Trinajstić information content (AvgIpc) is 2.90. The first-order valence-corrected chi connectivity index (χ1v) is 13.4. The number of anilines is 1. The number of piperazine rings is 1. The minimum atomic E-state index is -0.522. The van der Waals surface area contributed by atoms with Gasteiger partial charge in [-0.25, -0.2) is 4.79 Å². The molecule has 2 bridgehead atoms. The molecule has 3 aliphatic heterocycles. The van der Waals surface area contributed by atoms with Gasteiger partial charge in [-0.2, -0.15) is 0 Å². The lowest BCUT2D eigenvalue weighted by atomic mass is 10.1. The lowest BCUT2D eigenvalue weighted by Crippen LogP contribution is -2.58. The largest absolute Gasteiger partial charge is 0.444 e. The van der Waals surface area contributed by atoms with E-state index in [1.54, 1.807) is 23.7 Å². The number of carbonyl (C=O) groups excluding carboxylic acids is 2. The number of halogens is 2. The van der Waals surface area contributed by atoms with Gasteiger partial charge in [0.15, 0.2) is 0 Å². The van der Waals surface area contributed by atoms with Gasteiger partial charge in [0.25, 0.3) is 0 Å². The summed E-state index contributed by atoms with van der Waals surface area (Å²) in [5, 5.41) is 0.598. The summed E-state index contributed by atoms with van der Waals surface area (Å²) in [5.41, 5.74) is 1.18. The molecule has 2 unspecified atom stereocenters. The minimum absolute atomic E-state index is 0.0661. The molecule has 0 aromatic heterocycles. The predicted octanol–water partition coefficient (Wildman–Crippen LogP) is 5.02. The zero-order valence-electron chi connectivity index (χ0n) is 19.4. The number of benzene rings is 1. The Bertz CT molecular complexity index is 969. The van der Waals surface area contributed by atoms with Gasteiger partial charge in [0.2, 0.25) is 6.41 Å². The van der Waals surface area contributed by atoms with E-state index in [2.05, 4.69) is 25.8 Å². The van der Waals surface area contributed by atoms with Crippen LogP contribution in [0, 0.1) is 0 Å². The van der Waals surface area contributed by atoms with Crippen LogP contribution in [-0.4, -0.2) is 78.3 Å². The van der Waals surface area contributed by atoms with Crippen LogP contribution in [0.2, 0.25) is 5.02 Å². The third-order valence-corrected chi connectivity index (χ3v) is 8.98. The van der Waals surface area contributed by atoms with Crippen molar-refractivity contribution in [3.8, 4) is 0 Å². The summed E-state index contributed by atoms with van der Waals surface area (Å²) in [6, 6.07) is 2.03. The molecule has 0 N–H and O–H groups in total. The van der Waals surface area contributed by atoms with E-state index in [0.717, 1.165) is 57.9 Å². The van der Waals surface area contributed by atoms with Crippen molar-refractivity contribution < 1.29 is 14.3 Å². The topological polar surface area (TPSA) is 65.5 Å². The summed E-state index contributed by atoms with van der Waals surface area (Å²) in [6.45, 7) is 7.66. The number of hydrogen-bond donors (Lipinski definition) is 0. The van der Waals surface area contributed by atoms with Crippen molar-refractivity contribution in [2.75, 3.05) is 37.3 Å². The highest BCUT2D eigenvalue weighted by atomic mass is 79.9. The number of amides is 2. The van der Waals surface area contributed by atoms with E-state index in [4.69, 9.17) is 16.3 Å². The summed E-state index contributed by atoms with van der Waals surface area (Å²) >= 11 is 12.0. The van der Waals surface area contributed by atoms with Crippen LogP contribution < -0.4 is 4.90 Å². The quantitative estimate of drug-likeness (QED) is 0.290. The van der Waals surface area contributed by atoms with Crippen LogP contribution in [0.1, 0.15) is 45.6 Å². The van der Waals surface area contributed by atoms with Crippen LogP contribution >= 0.6 is 39.3 Å². The molecule has 2 fully saturated rings. The molecule has 2 amide bonds. The SMILES string of the molecule is CN=C(c1cc(Cl)c(Br)c2c1N(C=O)CCCS2)N1CC2CCC(C1)N2C(=O)OC(C)(C)C. The van der Waals surface area contributed by atoms with Gasteiger partial charge in [0.05, 0.1) is 27.3 Å². The van der Waals surface area contributed by atoms with E-state index >= 15 is 0 Å². The Kier molecular flexibility index (Phi) is 7.22. The van der Waals surface area contributed by atoms with E-state index in [-0.39, 0.29) is 18.2 Å². The number of rotatable bonds is 2. The molecule has 0 spiro atoms. The van der Waals surface area contributed by atoms with E-state index < -0.39 is 5.60 Å². The molecule has 3 aliphatic rings. The summed E-state index contributed by atoms with van der Waals surface area (Å²) in [7, 11) is 1.77. The van der Waals surface area contributed by atoms with Gasteiger partial charge in [0, 0.05) is 37.1 Å². The summed E-state index contributed by atoms with van der Waals surface area (Å²) < 4.78 is 6.49. The standard InChI is InChI=1S/C23H30BrClN4O3S/c1-23(2,3)32-22(31)29-14-6-7-15(29)12-28(11-14)21(26-4)16-10-17(25)18(24)20-19(16)27(13-30)8-5-9-33-20/h10,13-15H,5-9,11-12H2,1-4H3. The van der Waals surface area contributed by atoms with Crippen molar-refractivity contribution in [3.63, 3.8) is 0 Å². The first-order valence-electron chi connectivity index (χ1n) is 11.2. The van der Waals surface area contributed by atoms with Crippen molar-refractivity contribution in [1.29, 1.82) is 0 Å². The van der Waals surface area contributed by atoms with Gasteiger partial charge in [-0.15, -0.1) is 11.8 Å². The molecule has 0 saturated carbocycles. The molecule has 180 valence electrons. The maximum absolute atomic E-state index is 12.9. The molecular weight excluding hydrogens is 528 g/mol. The normalized spacial score (nSPS) is 23.3. The van der Waals surface area contributed by atoms with Gasteiger partial charge in [-0.3, -0.25) is 14.7 Å². The van der Waals surface area contributed by atoms with Gasteiger partial charge in [-0.1, -0.05) is 11.6 Å². The van der Waals surface area contributed by atoms with Crippen molar-refractivity contribution >= 4 is 63.3 Å². The van der Waals surface area contributed by atoms with Crippen LogP contribution in [0.15, 0.2) is 20.4 Å². The Hall–Kier alpha value is -1.45. The molecule has 4 rings (SSSR count). The number of thioether (sulfide) groups is 1. The van der Waals surface area contributed by atoms with E-state index in [9.17, 15) is 9.59 Å². The van der Waals surface area contributed by atoms with Crippen LogP contribution in [0.25, 0.3) is 0 Å². The van der Waals surface area contributed by atoms with Crippen LogP contribution in [-0.2, 0) is 9.53 Å². The minimum Gasteiger partial charge on any atom is -0.444 e. The van der Waals surface area contributed by atoms with Crippen LogP contribution in [0.3, 0.4) is 0 Å². The number of fused-ring (bicyclic) bond motifs is 3. The molecule has 0 radical (unpaired) electrons. The first-order chi connectivity index (χ1) is 15.6. The number of hydrogen-bond acceptors (Lipinski definition) is 5. The zero-order chi connectivity index (χ0) is 23.9. The lowest BCUT2D eigenvalue weighted by molar-refractivity contribution is -0.107. The Labute approximate surface area is 213 Å². The number of carbonyl (C=O) groups is 2. The second kappa shape index (κ2) is 9.66. The maximum Gasteiger partial charge on any atom is 0.410 e. The maximum atomic E-state index is 12.9. The van der Waals surface area contributed by atoms with E-state index in [0.29, 0.717) is 24.7 Å². The molecule has 0 aliphatic carbocycles. The van der Waals surface area contributed by atoms with Gasteiger partial charge in [0.1, 0.15) is 11.4 Å². The fraction of sp³-hybridized carbons (Fsp3) is 0.609. The third kappa shape index (κ3) is 4.86. The van der Waals surface area contributed by atoms with E-state index in [1.807, 2.05) is 31.7 Å². The monoisotopic (exact) mass is 556 g/mol. The number of ether oxygens (including phenoxy) is 1. The molecule has 1 aromatic carbocycles. The molecule has 33 heavy (non-hydrogen) atoms. The number of likely N-dealkylation sites (tertiary alicyclic amines) is 1. The average molecular weight is 558 g/mol. The second-order valence-corrected chi connectivity index (χ2v) is 11.9. The first kappa shape index (κ1) is 24.7. The summed E-state index contributed by atoms with van der Waals surface area (Å²) in [4.78, 5) is 36.4. The summed E-state index contributed by atoms with van der Waals surface area (Å²) in [6.07, 6.45) is 3.43. The molecule has 3 heterocycles. The van der Waals surface area contributed by atoms with Crippen molar-refractivity contribution in [2.24, 2.45) is 4.99 Å². The highest BCUT2D eigenvalue weighted by Gasteiger charge is 2.45. The van der Waals surface area contributed by atoms with Crippen molar-refractivity contribution in [1.82, 2.24) is 9.80 Å². The molecule has 7 nitrogen and oxygen atoms in total. The van der Waals surface area contributed by atoms with Crippen molar-refractivity contribution in [2.45, 2.75) is 62.6 Å². The smallest absolute Gasteiger partial charge is 0.410 e. The molecule has 1 aromatic rings. The fourth-order valence-corrected chi connectivity index (χ4v) is 6.91. The Balaban J connectivity index is 1.67. The Morgan fingerprint density at radius 2 is 1.97 bits per heavy atom. The molecule has 2 saturated heterocycles.